The van der Waals surface area contributed by atoms with E-state index in [2.05, 4.69) is 6.07 Å². The molecule has 3 heteroatoms. The monoisotopic (exact) mass is 368 g/mol. The molecule has 0 radical (unpaired) electrons. The Morgan fingerprint density at radius 1 is 0.786 bits per heavy atom. The standard InChI is InChI=1S/C25H20O3/c1-16-11-13-18(14-12-16)24(26)17(2)28-25(27)23-21-9-5-3-7-19(21)15-20-8-4-6-10-22(20)23/h3-15,17H,1-2H3/t17-/m1/s1. The molecule has 4 aromatic rings. The number of ether oxygens (including phenoxy) is 1. The molecule has 0 spiro atoms. The molecule has 0 aliphatic carbocycles. The Bertz CT molecular complexity index is 1140. The number of hydrogen-bond donors (Lipinski definition) is 0. The van der Waals surface area contributed by atoms with E-state index in [0.29, 0.717) is 11.1 Å². The maximum absolute atomic E-state index is 13.1. The molecule has 0 bridgehead atoms. The zero-order valence-corrected chi connectivity index (χ0v) is 15.8. The van der Waals surface area contributed by atoms with E-state index in [4.69, 9.17) is 4.74 Å². The lowest BCUT2D eigenvalue weighted by Crippen LogP contribution is -2.24. The van der Waals surface area contributed by atoms with Gasteiger partial charge in [0.25, 0.3) is 0 Å². The number of fused-ring (bicyclic) bond motifs is 2. The SMILES string of the molecule is Cc1ccc(C(=O)[C@@H](C)OC(=O)c2c3ccccc3cc3ccccc23)cc1. The Hall–Kier alpha value is -3.46. The number of Topliss-reactive ketones (excluding diaryl/α,β-unsaturated/α-hetero) is 1. The molecule has 138 valence electrons. The first-order valence-corrected chi connectivity index (χ1v) is 9.27. The lowest BCUT2D eigenvalue weighted by Gasteiger charge is -2.15. The number of carbonyl (C=O) groups excluding carboxylic acids is 2. The number of hydrogen-bond acceptors (Lipinski definition) is 3. The third kappa shape index (κ3) is 3.27. The van der Waals surface area contributed by atoms with Gasteiger partial charge in [0.15, 0.2) is 6.10 Å². The molecule has 0 N–H and O–H groups in total. The molecular weight excluding hydrogens is 348 g/mol. The highest BCUT2D eigenvalue weighted by atomic mass is 16.5. The summed E-state index contributed by atoms with van der Waals surface area (Å²) < 4.78 is 5.61. The molecular formula is C25H20O3. The molecule has 4 rings (SSSR count). The summed E-state index contributed by atoms with van der Waals surface area (Å²) in [6, 6.07) is 24.8. The minimum atomic E-state index is -0.868. The van der Waals surface area contributed by atoms with Crippen LogP contribution in [0.3, 0.4) is 0 Å². The van der Waals surface area contributed by atoms with Crippen molar-refractivity contribution in [1.82, 2.24) is 0 Å². The fourth-order valence-electron chi connectivity index (χ4n) is 3.46. The average Bonchev–Trinajstić information content (AvgIpc) is 2.71. The highest BCUT2D eigenvalue weighted by Gasteiger charge is 2.23. The quantitative estimate of drug-likeness (QED) is 0.262. The lowest BCUT2D eigenvalue weighted by atomic mass is 9.97. The van der Waals surface area contributed by atoms with Crippen molar-refractivity contribution in [2.75, 3.05) is 0 Å². The van der Waals surface area contributed by atoms with Gasteiger partial charge in [0.05, 0.1) is 5.56 Å². The summed E-state index contributed by atoms with van der Waals surface area (Å²) in [5.41, 5.74) is 2.11. The molecule has 1 atom stereocenters. The summed E-state index contributed by atoms with van der Waals surface area (Å²) in [4.78, 5) is 25.8. The van der Waals surface area contributed by atoms with E-state index < -0.39 is 12.1 Å². The topological polar surface area (TPSA) is 43.4 Å². The third-order valence-corrected chi connectivity index (χ3v) is 4.96. The Kier molecular flexibility index (Phi) is 4.66. The van der Waals surface area contributed by atoms with Gasteiger partial charge in [-0.2, -0.15) is 0 Å². The summed E-state index contributed by atoms with van der Waals surface area (Å²) >= 11 is 0. The maximum Gasteiger partial charge on any atom is 0.340 e. The van der Waals surface area contributed by atoms with Crippen LogP contribution < -0.4 is 0 Å². The van der Waals surface area contributed by atoms with E-state index in [9.17, 15) is 9.59 Å². The smallest absolute Gasteiger partial charge is 0.340 e. The zero-order chi connectivity index (χ0) is 19.7. The van der Waals surface area contributed by atoms with E-state index in [-0.39, 0.29) is 5.78 Å². The molecule has 0 saturated heterocycles. The Morgan fingerprint density at radius 2 is 1.32 bits per heavy atom. The van der Waals surface area contributed by atoms with Gasteiger partial charge in [-0.05, 0) is 41.5 Å². The van der Waals surface area contributed by atoms with Crippen LogP contribution in [0.15, 0.2) is 78.9 Å². The lowest BCUT2D eigenvalue weighted by molar-refractivity contribution is 0.0322. The molecule has 0 fully saturated rings. The molecule has 0 aliphatic heterocycles. The van der Waals surface area contributed by atoms with Crippen molar-refractivity contribution in [1.29, 1.82) is 0 Å². The number of aryl methyl sites for hydroxylation is 1. The second-order valence-electron chi connectivity index (χ2n) is 6.97. The van der Waals surface area contributed by atoms with Crippen molar-refractivity contribution in [2.45, 2.75) is 20.0 Å². The minimum Gasteiger partial charge on any atom is -0.451 e. The van der Waals surface area contributed by atoms with Gasteiger partial charge < -0.3 is 4.74 Å². The van der Waals surface area contributed by atoms with E-state index in [1.54, 1.807) is 19.1 Å². The molecule has 0 amide bonds. The number of ketones is 1. The van der Waals surface area contributed by atoms with E-state index >= 15 is 0 Å². The Morgan fingerprint density at radius 3 is 1.89 bits per heavy atom. The van der Waals surface area contributed by atoms with Crippen molar-refractivity contribution in [3.63, 3.8) is 0 Å². The average molecular weight is 368 g/mol. The summed E-state index contributed by atoms with van der Waals surface area (Å²) in [6.45, 7) is 3.58. The van der Waals surface area contributed by atoms with Crippen LogP contribution in [-0.4, -0.2) is 17.9 Å². The van der Waals surface area contributed by atoms with E-state index in [0.717, 1.165) is 27.1 Å². The van der Waals surface area contributed by atoms with Crippen molar-refractivity contribution >= 4 is 33.3 Å². The number of benzene rings is 4. The van der Waals surface area contributed by atoms with Gasteiger partial charge in [-0.15, -0.1) is 0 Å². The van der Waals surface area contributed by atoms with Crippen LogP contribution in [0.5, 0.6) is 0 Å². The minimum absolute atomic E-state index is 0.210. The summed E-state index contributed by atoms with van der Waals surface area (Å²) in [5.74, 6) is -0.696. The van der Waals surface area contributed by atoms with Crippen molar-refractivity contribution in [3.8, 4) is 0 Å². The van der Waals surface area contributed by atoms with Crippen LogP contribution in [-0.2, 0) is 4.74 Å². The second kappa shape index (κ2) is 7.28. The van der Waals surface area contributed by atoms with Crippen LogP contribution in [0.2, 0.25) is 0 Å². The van der Waals surface area contributed by atoms with Gasteiger partial charge in [0.1, 0.15) is 0 Å². The zero-order valence-electron chi connectivity index (χ0n) is 15.8. The van der Waals surface area contributed by atoms with Gasteiger partial charge in [0, 0.05) is 5.56 Å². The van der Waals surface area contributed by atoms with Crippen molar-refractivity contribution < 1.29 is 14.3 Å². The normalized spacial score (nSPS) is 12.1. The van der Waals surface area contributed by atoms with Crippen LogP contribution in [0.4, 0.5) is 0 Å². The fraction of sp³-hybridized carbons (Fsp3) is 0.120. The number of esters is 1. The summed E-state index contributed by atoms with van der Waals surface area (Å²) in [6.07, 6.45) is -0.868. The largest absolute Gasteiger partial charge is 0.451 e. The van der Waals surface area contributed by atoms with Gasteiger partial charge in [0.2, 0.25) is 5.78 Å². The van der Waals surface area contributed by atoms with Gasteiger partial charge in [-0.25, -0.2) is 4.79 Å². The summed E-state index contributed by atoms with van der Waals surface area (Å²) in [5, 5.41) is 3.57. The third-order valence-electron chi connectivity index (χ3n) is 4.96. The first-order chi connectivity index (χ1) is 13.5. The van der Waals surface area contributed by atoms with Gasteiger partial charge in [-0.3, -0.25) is 4.79 Å². The molecule has 0 heterocycles. The van der Waals surface area contributed by atoms with Crippen molar-refractivity contribution in [2.24, 2.45) is 0 Å². The van der Waals surface area contributed by atoms with Crippen molar-refractivity contribution in [3.05, 3.63) is 95.6 Å². The molecule has 0 aliphatic rings. The fourth-order valence-corrected chi connectivity index (χ4v) is 3.46. The van der Waals surface area contributed by atoms with Crippen LogP contribution in [0.25, 0.3) is 21.5 Å². The predicted molar refractivity (Wildman–Crippen MR) is 112 cm³/mol. The molecule has 3 nitrogen and oxygen atoms in total. The highest BCUT2D eigenvalue weighted by Crippen LogP contribution is 2.29. The van der Waals surface area contributed by atoms with Crippen LogP contribution >= 0.6 is 0 Å². The van der Waals surface area contributed by atoms with Gasteiger partial charge in [-0.1, -0.05) is 78.4 Å². The van der Waals surface area contributed by atoms with Crippen LogP contribution in [0, 0.1) is 6.92 Å². The molecule has 4 aromatic carbocycles. The Labute approximate surface area is 163 Å². The highest BCUT2D eigenvalue weighted by molar-refractivity contribution is 6.17. The van der Waals surface area contributed by atoms with Crippen LogP contribution in [0.1, 0.15) is 33.2 Å². The first kappa shape index (κ1) is 17.9. The Balaban J connectivity index is 1.72. The number of carbonyl (C=O) groups is 2. The number of rotatable bonds is 4. The van der Waals surface area contributed by atoms with E-state index in [1.165, 1.54) is 0 Å². The first-order valence-electron chi connectivity index (χ1n) is 9.27. The maximum atomic E-state index is 13.1. The van der Waals surface area contributed by atoms with Gasteiger partial charge >= 0.3 is 5.97 Å². The second-order valence-corrected chi connectivity index (χ2v) is 6.97. The molecule has 28 heavy (non-hydrogen) atoms. The molecule has 0 unspecified atom stereocenters. The predicted octanol–water partition coefficient (Wildman–Crippen LogP) is 5.73. The molecule has 0 aromatic heterocycles. The van der Waals surface area contributed by atoms with E-state index in [1.807, 2.05) is 67.6 Å². The molecule has 0 saturated carbocycles. The summed E-state index contributed by atoms with van der Waals surface area (Å²) in [7, 11) is 0.